The lowest BCUT2D eigenvalue weighted by molar-refractivity contribution is -0.137. The van der Waals surface area contributed by atoms with Crippen molar-refractivity contribution >= 4 is 16.0 Å². The van der Waals surface area contributed by atoms with Crippen LogP contribution in [0.1, 0.15) is 12.8 Å². The first-order valence-electron chi connectivity index (χ1n) is 5.74. The standard InChI is InChI=1S/C10H22N2O5S/c1-12(7-8-17-2)6-5-11-18(15,16)9-3-4-10(13)14/h11H,3-9H2,1-2H3,(H,13,14). The number of carbonyl (C=O) groups is 1. The molecule has 2 N–H and O–H groups in total. The lowest BCUT2D eigenvalue weighted by Crippen LogP contribution is -2.35. The van der Waals surface area contributed by atoms with Crippen LogP contribution in [0, 0.1) is 0 Å². The number of carboxylic acid groups (broad SMARTS) is 1. The monoisotopic (exact) mass is 282 g/mol. The van der Waals surface area contributed by atoms with Crippen LogP contribution in [0.4, 0.5) is 0 Å². The Bertz CT molecular complexity index is 331. The molecule has 0 rings (SSSR count). The number of carboxylic acids is 1. The Hall–Kier alpha value is -0.700. The minimum atomic E-state index is -3.36. The van der Waals surface area contributed by atoms with Crippen LogP contribution >= 0.6 is 0 Å². The van der Waals surface area contributed by atoms with Gasteiger partial charge in [0.2, 0.25) is 10.0 Å². The lowest BCUT2D eigenvalue weighted by atomic mass is 10.3. The van der Waals surface area contributed by atoms with Crippen molar-refractivity contribution in [2.75, 3.05) is 46.2 Å². The first-order chi connectivity index (χ1) is 8.37. The van der Waals surface area contributed by atoms with Crippen molar-refractivity contribution in [2.24, 2.45) is 0 Å². The number of aliphatic carboxylic acids is 1. The molecule has 0 spiro atoms. The summed E-state index contributed by atoms with van der Waals surface area (Å²) >= 11 is 0. The molecule has 0 bridgehead atoms. The average Bonchev–Trinajstić information content (AvgIpc) is 2.25. The van der Waals surface area contributed by atoms with Crippen LogP contribution in [0.15, 0.2) is 0 Å². The molecule has 0 radical (unpaired) electrons. The summed E-state index contributed by atoms with van der Waals surface area (Å²) in [5.41, 5.74) is 0. The maximum Gasteiger partial charge on any atom is 0.303 e. The molecule has 0 aromatic heterocycles. The Labute approximate surface area is 108 Å². The summed E-state index contributed by atoms with van der Waals surface area (Å²) in [7, 11) is 0.118. The fraction of sp³-hybridized carbons (Fsp3) is 0.900. The van der Waals surface area contributed by atoms with Gasteiger partial charge in [0, 0.05) is 33.2 Å². The molecule has 0 heterocycles. The van der Waals surface area contributed by atoms with E-state index in [0.717, 1.165) is 6.54 Å². The second-order valence-electron chi connectivity index (χ2n) is 4.01. The first kappa shape index (κ1) is 17.3. The zero-order chi connectivity index (χ0) is 14.0. The van der Waals surface area contributed by atoms with Crippen LogP contribution in [-0.4, -0.2) is 70.5 Å². The third-order valence-corrected chi connectivity index (χ3v) is 3.77. The molecule has 0 amide bonds. The molecule has 0 aliphatic heterocycles. The molecule has 0 aliphatic rings. The van der Waals surface area contributed by atoms with Gasteiger partial charge >= 0.3 is 5.97 Å². The molecular weight excluding hydrogens is 260 g/mol. The SMILES string of the molecule is COCCN(C)CCNS(=O)(=O)CCCC(=O)O. The number of nitrogens with zero attached hydrogens (tertiary/aromatic N) is 1. The van der Waals surface area contributed by atoms with Crippen LogP contribution in [0.5, 0.6) is 0 Å². The Kier molecular flexibility index (Phi) is 8.90. The predicted octanol–water partition coefficient (Wildman–Crippen LogP) is -0.651. The van der Waals surface area contributed by atoms with Crippen LogP contribution in [0.2, 0.25) is 0 Å². The topological polar surface area (TPSA) is 95.9 Å². The fourth-order valence-electron chi connectivity index (χ4n) is 1.24. The molecule has 0 aliphatic carbocycles. The van der Waals surface area contributed by atoms with Crippen molar-refractivity contribution in [1.29, 1.82) is 0 Å². The summed E-state index contributed by atoms with van der Waals surface area (Å²) in [6.07, 6.45) is -0.00116. The van der Waals surface area contributed by atoms with E-state index in [9.17, 15) is 13.2 Å². The quantitative estimate of drug-likeness (QED) is 0.523. The van der Waals surface area contributed by atoms with Crippen molar-refractivity contribution in [3.8, 4) is 0 Å². The summed E-state index contributed by atoms with van der Waals surface area (Å²) < 4.78 is 30.3. The normalized spacial score (nSPS) is 11.9. The average molecular weight is 282 g/mol. The molecule has 0 saturated heterocycles. The Morgan fingerprint density at radius 2 is 2.06 bits per heavy atom. The van der Waals surface area contributed by atoms with Crippen molar-refractivity contribution in [1.82, 2.24) is 9.62 Å². The van der Waals surface area contributed by atoms with Crippen LogP contribution < -0.4 is 4.72 Å². The zero-order valence-electron chi connectivity index (χ0n) is 10.9. The second-order valence-corrected chi connectivity index (χ2v) is 5.93. The molecule has 0 aromatic carbocycles. The smallest absolute Gasteiger partial charge is 0.303 e. The third kappa shape index (κ3) is 10.5. The molecule has 8 heteroatoms. The molecule has 0 unspecified atom stereocenters. The fourth-order valence-corrected chi connectivity index (χ4v) is 2.31. The largest absolute Gasteiger partial charge is 0.481 e. The molecule has 108 valence electrons. The molecule has 18 heavy (non-hydrogen) atoms. The van der Waals surface area contributed by atoms with Gasteiger partial charge in [0.25, 0.3) is 0 Å². The Balaban J connectivity index is 3.73. The Morgan fingerprint density at radius 3 is 2.61 bits per heavy atom. The zero-order valence-corrected chi connectivity index (χ0v) is 11.7. The number of nitrogens with one attached hydrogen (secondary N) is 1. The van der Waals surface area contributed by atoms with Gasteiger partial charge in [-0.05, 0) is 13.5 Å². The van der Waals surface area contributed by atoms with E-state index in [4.69, 9.17) is 9.84 Å². The number of ether oxygens (including phenoxy) is 1. The van der Waals surface area contributed by atoms with Gasteiger partial charge in [-0.3, -0.25) is 4.79 Å². The molecule has 0 saturated carbocycles. The highest BCUT2D eigenvalue weighted by molar-refractivity contribution is 7.89. The van der Waals surface area contributed by atoms with Gasteiger partial charge in [-0.25, -0.2) is 13.1 Å². The highest BCUT2D eigenvalue weighted by Gasteiger charge is 2.10. The maximum atomic E-state index is 11.5. The van der Waals surface area contributed by atoms with Crippen molar-refractivity contribution in [2.45, 2.75) is 12.8 Å². The molecule has 7 nitrogen and oxygen atoms in total. The van der Waals surface area contributed by atoms with Gasteiger partial charge in [0.15, 0.2) is 0 Å². The number of hydrogen-bond acceptors (Lipinski definition) is 5. The Morgan fingerprint density at radius 1 is 1.39 bits per heavy atom. The van der Waals surface area contributed by atoms with E-state index in [1.807, 2.05) is 11.9 Å². The number of likely N-dealkylation sites (N-methyl/N-ethyl adjacent to an activating group) is 1. The summed E-state index contributed by atoms with van der Waals surface area (Å²) in [5.74, 6) is -1.13. The summed E-state index contributed by atoms with van der Waals surface area (Å²) in [4.78, 5) is 12.2. The number of methoxy groups -OCH3 is 1. The molecule has 0 fully saturated rings. The van der Waals surface area contributed by atoms with Gasteiger partial charge in [0.05, 0.1) is 12.4 Å². The number of hydrogen-bond donors (Lipinski definition) is 2. The highest BCUT2D eigenvalue weighted by Crippen LogP contribution is 1.94. The summed E-state index contributed by atoms with van der Waals surface area (Å²) in [6.45, 7) is 2.23. The van der Waals surface area contributed by atoms with Gasteiger partial charge < -0.3 is 14.7 Å². The molecule has 0 aromatic rings. The van der Waals surface area contributed by atoms with Crippen molar-refractivity contribution in [3.05, 3.63) is 0 Å². The molecular formula is C10H22N2O5S. The van der Waals surface area contributed by atoms with Crippen LogP contribution in [0.25, 0.3) is 0 Å². The van der Waals surface area contributed by atoms with E-state index in [0.29, 0.717) is 19.7 Å². The van der Waals surface area contributed by atoms with Crippen LogP contribution in [0.3, 0.4) is 0 Å². The van der Waals surface area contributed by atoms with Gasteiger partial charge in [-0.1, -0.05) is 0 Å². The number of rotatable bonds is 11. The van der Waals surface area contributed by atoms with E-state index < -0.39 is 16.0 Å². The van der Waals surface area contributed by atoms with Gasteiger partial charge in [-0.15, -0.1) is 0 Å². The minimum Gasteiger partial charge on any atom is -0.481 e. The van der Waals surface area contributed by atoms with Crippen LogP contribution in [-0.2, 0) is 19.6 Å². The third-order valence-electron chi connectivity index (χ3n) is 2.30. The van der Waals surface area contributed by atoms with Crippen molar-refractivity contribution < 1.29 is 23.1 Å². The van der Waals surface area contributed by atoms with E-state index in [1.165, 1.54) is 0 Å². The minimum absolute atomic E-state index is 0.129. The first-order valence-corrected chi connectivity index (χ1v) is 7.39. The number of sulfonamides is 1. The molecule has 0 atom stereocenters. The summed E-state index contributed by atoms with van der Waals surface area (Å²) in [6, 6.07) is 0. The summed E-state index contributed by atoms with van der Waals surface area (Å²) in [5, 5.41) is 8.41. The second kappa shape index (κ2) is 9.26. The van der Waals surface area contributed by atoms with Gasteiger partial charge in [0.1, 0.15) is 0 Å². The van der Waals surface area contributed by atoms with E-state index >= 15 is 0 Å². The highest BCUT2D eigenvalue weighted by atomic mass is 32.2. The van der Waals surface area contributed by atoms with E-state index in [-0.39, 0.29) is 18.6 Å². The van der Waals surface area contributed by atoms with Gasteiger partial charge in [-0.2, -0.15) is 0 Å². The predicted molar refractivity (Wildman–Crippen MR) is 68.0 cm³/mol. The lowest BCUT2D eigenvalue weighted by Gasteiger charge is -2.16. The maximum absolute atomic E-state index is 11.5. The van der Waals surface area contributed by atoms with Crippen molar-refractivity contribution in [3.63, 3.8) is 0 Å². The van der Waals surface area contributed by atoms with E-state index in [1.54, 1.807) is 7.11 Å². The van der Waals surface area contributed by atoms with E-state index in [2.05, 4.69) is 4.72 Å².